The molecule has 4 heteroatoms. The predicted molar refractivity (Wildman–Crippen MR) is 51.7 cm³/mol. The van der Waals surface area contributed by atoms with E-state index < -0.39 is 12.0 Å². The Hall–Kier alpha value is -0.220. The highest BCUT2D eigenvalue weighted by molar-refractivity contribution is 4.96. The summed E-state index contributed by atoms with van der Waals surface area (Å²) in [5, 5.41) is 2.93. The highest BCUT2D eigenvalue weighted by Gasteiger charge is 2.45. The second-order valence-corrected chi connectivity index (χ2v) is 4.15. The molecule has 1 saturated heterocycles. The Balaban J connectivity index is 2.74. The van der Waals surface area contributed by atoms with Crippen LogP contribution in [-0.2, 0) is 4.74 Å². The third-order valence-electron chi connectivity index (χ3n) is 2.71. The molecule has 2 unspecified atom stereocenters. The van der Waals surface area contributed by atoms with Crippen LogP contribution in [0.4, 0.5) is 8.78 Å². The van der Waals surface area contributed by atoms with Crippen molar-refractivity contribution < 1.29 is 13.5 Å². The second-order valence-electron chi connectivity index (χ2n) is 4.15. The summed E-state index contributed by atoms with van der Waals surface area (Å²) in [6.45, 7) is 6.13. The first-order valence-corrected chi connectivity index (χ1v) is 5.19. The van der Waals surface area contributed by atoms with Crippen molar-refractivity contribution in [1.29, 1.82) is 0 Å². The van der Waals surface area contributed by atoms with Crippen LogP contribution in [0.5, 0.6) is 0 Å². The van der Waals surface area contributed by atoms with Gasteiger partial charge in [-0.25, -0.2) is 8.78 Å². The summed E-state index contributed by atoms with van der Waals surface area (Å²) in [7, 11) is 0. The lowest BCUT2D eigenvalue weighted by atomic mass is 9.84. The van der Waals surface area contributed by atoms with Gasteiger partial charge in [0.1, 0.15) is 0 Å². The molecule has 0 aromatic carbocycles. The molecule has 1 aliphatic heterocycles. The lowest BCUT2D eigenvalue weighted by Gasteiger charge is -2.42. The zero-order valence-corrected chi connectivity index (χ0v) is 9.02. The van der Waals surface area contributed by atoms with Crippen molar-refractivity contribution in [3.8, 4) is 0 Å². The van der Waals surface area contributed by atoms with Crippen molar-refractivity contribution in [1.82, 2.24) is 5.32 Å². The van der Waals surface area contributed by atoms with Gasteiger partial charge in [-0.05, 0) is 33.2 Å². The molecule has 14 heavy (non-hydrogen) atoms. The summed E-state index contributed by atoms with van der Waals surface area (Å²) in [5.41, 5.74) is -1.04. The molecular weight excluding hydrogens is 188 g/mol. The molecule has 1 aliphatic rings. The largest absolute Gasteiger partial charge is 0.375 e. The molecule has 0 amide bonds. The number of hydrogen-bond donors (Lipinski definition) is 1. The molecule has 0 saturated carbocycles. The summed E-state index contributed by atoms with van der Waals surface area (Å²) >= 11 is 0. The first kappa shape index (κ1) is 11.9. The lowest BCUT2D eigenvalue weighted by molar-refractivity contribution is -0.111. The number of alkyl halides is 2. The quantitative estimate of drug-likeness (QED) is 0.766. The Morgan fingerprint density at radius 2 is 1.86 bits per heavy atom. The zero-order chi connectivity index (χ0) is 10.8. The van der Waals surface area contributed by atoms with Gasteiger partial charge in [-0.3, -0.25) is 0 Å². The van der Waals surface area contributed by atoms with E-state index in [0.717, 1.165) is 0 Å². The van der Waals surface area contributed by atoms with Crippen LogP contribution < -0.4 is 5.32 Å². The Morgan fingerprint density at radius 3 is 2.21 bits per heavy atom. The SMILES string of the molecule is CCNC1(C(F)F)CC(C)OC(C)C1. The van der Waals surface area contributed by atoms with E-state index in [1.807, 2.05) is 20.8 Å². The predicted octanol–water partition coefficient (Wildman–Crippen LogP) is 2.19. The van der Waals surface area contributed by atoms with Crippen LogP contribution in [-0.4, -0.2) is 30.7 Å². The van der Waals surface area contributed by atoms with Crippen molar-refractivity contribution in [3.05, 3.63) is 0 Å². The van der Waals surface area contributed by atoms with Crippen molar-refractivity contribution >= 4 is 0 Å². The first-order chi connectivity index (χ1) is 6.50. The Bertz CT molecular complexity index is 177. The molecule has 0 radical (unpaired) electrons. The van der Waals surface area contributed by atoms with Crippen molar-refractivity contribution in [2.75, 3.05) is 6.54 Å². The third-order valence-corrected chi connectivity index (χ3v) is 2.71. The minimum atomic E-state index is -2.32. The van der Waals surface area contributed by atoms with Crippen molar-refractivity contribution in [2.24, 2.45) is 0 Å². The first-order valence-electron chi connectivity index (χ1n) is 5.19. The molecule has 1 fully saturated rings. The summed E-state index contributed by atoms with van der Waals surface area (Å²) < 4.78 is 31.4. The number of halogens is 2. The van der Waals surface area contributed by atoms with Gasteiger partial charge in [-0.2, -0.15) is 0 Å². The maximum atomic E-state index is 13.0. The van der Waals surface area contributed by atoms with E-state index in [4.69, 9.17) is 4.74 Å². The third kappa shape index (κ3) is 2.42. The van der Waals surface area contributed by atoms with Crippen molar-refractivity contribution in [2.45, 2.75) is 57.8 Å². The summed E-state index contributed by atoms with van der Waals surface area (Å²) in [6.07, 6.45) is -1.72. The molecule has 1 heterocycles. The van der Waals surface area contributed by atoms with Crippen LogP contribution in [0, 0.1) is 0 Å². The number of ether oxygens (including phenoxy) is 1. The van der Waals surface area contributed by atoms with Gasteiger partial charge < -0.3 is 10.1 Å². The molecule has 0 spiro atoms. The van der Waals surface area contributed by atoms with E-state index in [1.54, 1.807) is 0 Å². The summed E-state index contributed by atoms with van der Waals surface area (Å²) in [5.74, 6) is 0. The molecule has 0 bridgehead atoms. The number of hydrogen-bond acceptors (Lipinski definition) is 2. The molecule has 1 N–H and O–H groups in total. The molecule has 0 aromatic rings. The monoisotopic (exact) mass is 207 g/mol. The topological polar surface area (TPSA) is 21.3 Å². The van der Waals surface area contributed by atoms with Gasteiger partial charge in [-0.15, -0.1) is 0 Å². The average Bonchev–Trinajstić information content (AvgIpc) is 2.02. The molecule has 1 rings (SSSR count). The van der Waals surface area contributed by atoms with Crippen LogP contribution in [0.3, 0.4) is 0 Å². The fourth-order valence-electron chi connectivity index (χ4n) is 2.35. The zero-order valence-electron chi connectivity index (χ0n) is 9.02. The van der Waals surface area contributed by atoms with Crippen molar-refractivity contribution in [3.63, 3.8) is 0 Å². The maximum absolute atomic E-state index is 13.0. The number of nitrogens with one attached hydrogen (secondary N) is 1. The van der Waals surface area contributed by atoms with Crippen LogP contribution in [0.15, 0.2) is 0 Å². The highest BCUT2D eigenvalue weighted by atomic mass is 19.3. The Labute approximate surface area is 84.0 Å². The van der Waals surface area contributed by atoms with Gasteiger partial charge in [0, 0.05) is 0 Å². The molecule has 2 atom stereocenters. The van der Waals surface area contributed by atoms with E-state index in [1.165, 1.54) is 0 Å². The summed E-state index contributed by atoms with van der Waals surface area (Å²) in [4.78, 5) is 0. The van der Waals surface area contributed by atoms with E-state index in [2.05, 4.69) is 5.32 Å². The molecule has 2 nitrogen and oxygen atoms in total. The van der Waals surface area contributed by atoms with Gasteiger partial charge in [-0.1, -0.05) is 6.92 Å². The standard InChI is InChI=1S/C10H19F2NO/c1-4-13-10(9(11)12)5-7(2)14-8(3)6-10/h7-9,13H,4-6H2,1-3H3. The molecule has 0 aromatic heterocycles. The highest BCUT2D eigenvalue weighted by Crippen LogP contribution is 2.33. The van der Waals surface area contributed by atoms with Gasteiger partial charge >= 0.3 is 0 Å². The van der Waals surface area contributed by atoms with Crippen LogP contribution >= 0.6 is 0 Å². The maximum Gasteiger partial charge on any atom is 0.256 e. The fraction of sp³-hybridized carbons (Fsp3) is 1.00. The minimum absolute atomic E-state index is 0.0909. The van der Waals surface area contributed by atoms with E-state index in [9.17, 15) is 8.78 Å². The number of rotatable bonds is 3. The fourth-order valence-corrected chi connectivity index (χ4v) is 2.35. The van der Waals surface area contributed by atoms with Crippen LogP contribution in [0.2, 0.25) is 0 Å². The molecule has 0 aliphatic carbocycles. The smallest absolute Gasteiger partial charge is 0.256 e. The van der Waals surface area contributed by atoms with E-state index >= 15 is 0 Å². The van der Waals surface area contributed by atoms with Gasteiger partial charge in [0.05, 0.1) is 17.7 Å². The molecular formula is C10H19F2NO. The second kappa shape index (κ2) is 4.53. The molecule has 84 valence electrons. The lowest BCUT2D eigenvalue weighted by Crippen LogP contribution is -2.58. The van der Waals surface area contributed by atoms with Gasteiger partial charge in [0.25, 0.3) is 6.43 Å². The Kier molecular flexibility index (Phi) is 3.84. The average molecular weight is 207 g/mol. The normalized spacial score (nSPS) is 39.0. The van der Waals surface area contributed by atoms with Crippen LogP contribution in [0.1, 0.15) is 33.6 Å². The Morgan fingerprint density at radius 1 is 1.36 bits per heavy atom. The van der Waals surface area contributed by atoms with Crippen LogP contribution in [0.25, 0.3) is 0 Å². The minimum Gasteiger partial charge on any atom is -0.375 e. The van der Waals surface area contributed by atoms with E-state index in [-0.39, 0.29) is 12.2 Å². The summed E-state index contributed by atoms with van der Waals surface area (Å²) in [6, 6.07) is 0. The van der Waals surface area contributed by atoms with Gasteiger partial charge in [0.15, 0.2) is 0 Å². The van der Waals surface area contributed by atoms with E-state index in [0.29, 0.717) is 19.4 Å². The van der Waals surface area contributed by atoms with Gasteiger partial charge in [0.2, 0.25) is 0 Å².